The molecule has 2 aromatic rings. The number of ketones is 1. The largest absolute Gasteiger partial charge is 0.490 e. The van der Waals surface area contributed by atoms with Crippen LogP contribution in [-0.2, 0) is 16.0 Å². The highest BCUT2D eigenvalue weighted by molar-refractivity contribution is 6.01. The van der Waals surface area contributed by atoms with Gasteiger partial charge in [0.15, 0.2) is 11.5 Å². The molecule has 2 fully saturated rings. The molecule has 0 heterocycles. The molecule has 0 unspecified atom stereocenters. The lowest BCUT2D eigenvalue weighted by Gasteiger charge is -2.26. The van der Waals surface area contributed by atoms with Crippen LogP contribution in [0.15, 0.2) is 35.5 Å². The minimum atomic E-state index is -1.03. The second-order valence-electron chi connectivity index (χ2n) is 8.98. The molecule has 0 aliphatic heterocycles. The van der Waals surface area contributed by atoms with Crippen molar-refractivity contribution < 1.29 is 28.6 Å². The highest BCUT2D eigenvalue weighted by Crippen LogP contribution is 2.51. The van der Waals surface area contributed by atoms with Crippen molar-refractivity contribution in [3.8, 4) is 28.4 Å². The molecule has 0 saturated heterocycles. The predicted octanol–water partition coefficient (Wildman–Crippen LogP) is 4.74. The van der Waals surface area contributed by atoms with Gasteiger partial charge in [0.25, 0.3) is 0 Å². The van der Waals surface area contributed by atoms with Crippen molar-refractivity contribution in [1.29, 1.82) is 0 Å². The molecule has 172 valence electrons. The lowest BCUT2D eigenvalue weighted by Crippen LogP contribution is -2.34. The number of nitrogens with zero attached hydrogens (tertiary/aromatic N) is 1. The van der Waals surface area contributed by atoms with Gasteiger partial charge in [-0.25, -0.2) is 4.79 Å². The Balaban J connectivity index is 1.50. The first-order valence-electron chi connectivity index (χ1n) is 11.4. The number of hydrogen-bond donors (Lipinski definition) is 0. The predicted molar refractivity (Wildman–Crippen MR) is 122 cm³/mol. The fourth-order valence-electron chi connectivity index (χ4n) is 4.47. The monoisotopic (exact) mass is 449 g/mol. The Bertz CT molecular complexity index is 1120. The van der Waals surface area contributed by atoms with Gasteiger partial charge in [0, 0.05) is 37.1 Å². The van der Waals surface area contributed by atoms with E-state index < -0.39 is 5.60 Å². The molecule has 7 heteroatoms. The number of aryl methyl sites for hydroxylation is 1. The van der Waals surface area contributed by atoms with Crippen molar-refractivity contribution in [2.24, 2.45) is 11.1 Å². The minimum absolute atomic E-state index is 0.164. The molecule has 3 aliphatic carbocycles. The topological polar surface area (TPSA) is 83.4 Å². The summed E-state index contributed by atoms with van der Waals surface area (Å²) < 4.78 is 17.6. The van der Waals surface area contributed by atoms with E-state index in [1.54, 1.807) is 6.07 Å². The van der Waals surface area contributed by atoms with E-state index >= 15 is 0 Å². The zero-order chi connectivity index (χ0) is 23.0. The van der Waals surface area contributed by atoms with E-state index in [0.29, 0.717) is 55.5 Å². The highest BCUT2D eigenvalue weighted by atomic mass is 16.6. The van der Waals surface area contributed by atoms with Crippen LogP contribution in [0.2, 0.25) is 0 Å². The molecule has 0 N–H and O–H groups in total. The van der Waals surface area contributed by atoms with Crippen LogP contribution in [0, 0.1) is 5.92 Å². The number of Topliss-reactive ketones (excluding diaryl/α,β-unsaturated/α-hetero) is 1. The summed E-state index contributed by atoms with van der Waals surface area (Å²) in [5.41, 5.74) is 2.36. The van der Waals surface area contributed by atoms with Gasteiger partial charge in [-0.05, 0) is 48.4 Å². The SMILES string of the molecule is C=NOc1ccc(-c2ccc3c(c2)CCC3=O)c(OC2(C(=O)OCC3CCC3)CC2)c1OC. The highest BCUT2D eigenvalue weighted by Gasteiger charge is 2.55. The summed E-state index contributed by atoms with van der Waals surface area (Å²) in [6.07, 6.45) is 5.79. The summed E-state index contributed by atoms with van der Waals surface area (Å²) in [5, 5.41) is 3.51. The Morgan fingerprint density at radius 1 is 1.12 bits per heavy atom. The molecule has 7 nitrogen and oxygen atoms in total. The fourth-order valence-corrected chi connectivity index (χ4v) is 4.47. The fraction of sp³-hybridized carbons (Fsp3) is 0.423. The van der Waals surface area contributed by atoms with Gasteiger partial charge in [0.2, 0.25) is 17.1 Å². The molecule has 2 saturated carbocycles. The summed E-state index contributed by atoms with van der Waals surface area (Å²) in [6, 6.07) is 9.31. The van der Waals surface area contributed by atoms with Gasteiger partial charge in [-0.2, -0.15) is 0 Å². The molecule has 3 aliphatic rings. The maximum absolute atomic E-state index is 12.9. The first-order chi connectivity index (χ1) is 16.0. The molecular weight excluding hydrogens is 422 g/mol. The summed E-state index contributed by atoms with van der Waals surface area (Å²) in [6.45, 7) is 3.82. The lowest BCUT2D eigenvalue weighted by molar-refractivity contribution is -0.156. The van der Waals surface area contributed by atoms with Crippen molar-refractivity contribution in [2.45, 2.75) is 50.5 Å². The van der Waals surface area contributed by atoms with Crippen LogP contribution in [0.25, 0.3) is 11.1 Å². The number of benzene rings is 2. The number of carbonyl (C=O) groups is 2. The van der Waals surface area contributed by atoms with Gasteiger partial charge in [0.1, 0.15) is 0 Å². The maximum atomic E-state index is 12.9. The van der Waals surface area contributed by atoms with Gasteiger partial charge in [0.05, 0.1) is 13.7 Å². The second-order valence-corrected chi connectivity index (χ2v) is 8.98. The van der Waals surface area contributed by atoms with Gasteiger partial charge in [-0.1, -0.05) is 29.8 Å². The normalized spacial score (nSPS) is 18.2. The lowest BCUT2D eigenvalue weighted by atomic mass is 9.86. The van der Waals surface area contributed by atoms with E-state index in [0.717, 1.165) is 35.1 Å². The van der Waals surface area contributed by atoms with Crippen LogP contribution in [-0.4, -0.2) is 37.8 Å². The third kappa shape index (κ3) is 3.96. The summed E-state index contributed by atoms with van der Waals surface area (Å²) >= 11 is 0. The number of esters is 1. The van der Waals surface area contributed by atoms with E-state index in [1.807, 2.05) is 24.3 Å². The number of ether oxygens (including phenoxy) is 3. The van der Waals surface area contributed by atoms with E-state index in [1.165, 1.54) is 13.5 Å². The van der Waals surface area contributed by atoms with Crippen LogP contribution >= 0.6 is 0 Å². The molecule has 0 bridgehead atoms. The Hall–Kier alpha value is -3.35. The van der Waals surface area contributed by atoms with E-state index in [9.17, 15) is 9.59 Å². The van der Waals surface area contributed by atoms with Gasteiger partial charge < -0.3 is 19.0 Å². The number of rotatable bonds is 9. The average molecular weight is 450 g/mol. The third-order valence-corrected chi connectivity index (χ3v) is 6.83. The third-order valence-electron chi connectivity index (χ3n) is 6.83. The molecule has 0 radical (unpaired) electrons. The minimum Gasteiger partial charge on any atom is -0.490 e. The Labute approximate surface area is 192 Å². The van der Waals surface area contributed by atoms with Gasteiger partial charge in [-0.15, -0.1) is 0 Å². The molecule has 2 aromatic carbocycles. The summed E-state index contributed by atoms with van der Waals surface area (Å²) in [4.78, 5) is 30.3. The molecular formula is C26H27NO6. The van der Waals surface area contributed by atoms with E-state index in [-0.39, 0.29) is 11.8 Å². The van der Waals surface area contributed by atoms with Crippen LogP contribution in [0.1, 0.15) is 54.4 Å². The molecule has 0 amide bonds. The number of carbonyl (C=O) groups excluding carboxylic acids is 2. The molecule has 0 spiro atoms. The molecule has 5 rings (SSSR count). The summed E-state index contributed by atoms with van der Waals surface area (Å²) in [5.74, 6) is 1.34. The zero-order valence-electron chi connectivity index (χ0n) is 18.7. The van der Waals surface area contributed by atoms with Crippen molar-refractivity contribution in [3.05, 3.63) is 41.5 Å². The smallest absolute Gasteiger partial charge is 0.350 e. The number of hydrogen-bond acceptors (Lipinski definition) is 7. The summed E-state index contributed by atoms with van der Waals surface area (Å²) in [7, 11) is 1.51. The van der Waals surface area contributed by atoms with Crippen molar-refractivity contribution in [3.63, 3.8) is 0 Å². The standard InChI is InChI=1S/C26H27NO6/c1-27-33-22-11-9-20(18-6-8-19-17(14-18)7-10-21(19)28)23(24(22)30-2)32-26(12-13-26)25(29)31-15-16-4-3-5-16/h6,8-9,11,14,16H,1,3-5,7,10,12-13,15H2,2H3. The van der Waals surface area contributed by atoms with E-state index in [2.05, 4.69) is 11.9 Å². The zero-order valence-corrected chi connectivity index (χ0v) is 18.7. The van der Waals surface area contributed by atoms with E-state index in [4.69, 9.17) is 19.0 Å². The van der Waals surface area contributed by atoms with Crippen LogP contribution in [0.4, 0.5) is 0 Å². The number of fused-ring (bicyclic) bond motifs is 1. The van der Waals surface area contributed by atoms with Crippen LogP contribution in [0.5, 0.6) is 17.2 Å². The van der Waals surface area contributed by atoms with Crippen LogP contribution < -0.4 is 14.3 Å². The first kappa shape index (κ1) is 21.5. The second kappa shape index (κ2) is 8.54. The molecule has 0 aromatic heterocycles. The molecule has 0 atom stereocenters. The Morgan fingerprint density at radius 2 is 1.91 bits per heavy atom. The first-order valence-corrected chi connectivity index (χ1v) is 11.4. The average Bonchev–Trinajstić information content (AvgIpc) is 3.48. The number of methoxy groups -OCH3 is 1. The molecule has 33 heavy (non-hydrogen) atoms. The Kier molecular flexibility index (Phi) is 5.56. The van der Waals surface area contributed by atoms with Gasteiger partial charge >= 0.3 is 5.97 Å². The van der Waals surface area contributed by atoms with Crippen LogP contribution in [0.3, 0.4) is 0 Å². The van der Waals surface area contributed by atoms with Gasteiger partial charge in [-0.3, -0.25) is 4.79 Å². The van der Waals surface area contributed by atoms with Crippen molar-refractivity contribution in [2.75, 3.05) is 13.7 Å². The number of oxime groups is 1. The van der Waals surface area contributed by atoms with Crippen molar-refractivity contribution in [1.82, 2.24) is 0 Å². The quantitative estimate of drug-likeness (QED) is 0.312. The van der Waals surface area contributed by atoms with Crippen molar-refractivity contribution >= 4 is 18.5 Å². The Morgan fingerprint density at radius 3 is 2.58 bits per heavy atom. The maximum Gasteiger partial charge on any atom is 0.350 e.